The summed E-state index contributed by atoms with van der Waals surface area (Å²) in [7, 11) is -4.16. The van der Waals surface area contributed by atoms with Gasteiger partial charge in [0, 0.05) is 18.0 Å². The van der Waals surface area contributed by atoms with Crippen molar-refractivity contribution in [1.82, 2.24) is 4.98 Å². The Morgan fingerprint density at radius 3 is 2.50 bits per heavy atom. The molecule has 0 radical (unpaired) electrons. The third-order valence-corrected chi connectivity index (χ3v) is 4.59. The summed E-state index contributed by atoms with van der Waals surface area (Å²) < 4.78 is 17.5. The van der Waals surface area contributed by atoms with Crippen molar-refractivity contribution >= 4 is 13.6 Å². The first-order valence-corrected chi connectivity index (χ1v) is 8.30. The van der Waals surface area contributed by atoms with Crippen LogP contribution in [-0.4, -0.2) is 21.0 Å². The smallest absolute Gasteiger partial charge is 0.341 e. The van der Waals surface area contributed by atoms with E-state index in [1.807, 2.05) is 0 Å². The van der Waals surface area contributed by atoms with Gasteiger partial charge in [0.05, 0.1) is 6.16 Å². The lowest BCUT2D eigenvalue weighted by molar-refractivity contribution is -0.155. The van der Waals surface area contributed by atoms with Crippen LogP contribution < -0.4 is 0 Å². The zero-order chi connectivity index (χ0) is 16.2. The van der Waals surface area contributed by atoms with Crippen LogP contribution in [0.3, 0.4) is 0 Å². The molecule has 2 rings (SSSR count). The Hall–Kier alpha value is -2.01. The van der Waals surface area contributed by atoms with Crippen LogP contribution in [0.2, 0.25) is 0 Å². The molecule has 1 aromatic heterocycles. The predicted molar refractivity (Wildman–Crippen MR) is 80.3 cm³/mol. The summed E-state index contributed by atoms with van der Waals surface area (Å²) in [5, 5.41) is 9.43. The zero-order valence-corrected chi connectivity index (χ0v) is 12.8. The molecule has 6 nitrogen and oxygen atoms in total. The van der Waals surface area contributed by atoms with Gasteiger partial charge in [0.2, 0.25) is 0 Å². The fourth-order valence-electron chi connectivity index (χ4n) is 1.99. The van der Waals surface area contributed by atoms with E-state index in [0.717, 1.165) is 0 Å². The monoisotopic (exact) mass is 321 g/mol. The Bertz CT molecular complexity index is 692. The number of pyridine rings is 1. The Morgan fingerprint density at radius 2 is 1.95 bits per heavy atom. The minimum Gasteiger partial charge on any atom is -0.479 e. The van der Waals surface area contributed by atoms with Crippen molar-refractivity contribution in [3.05, 3.63) is 66.0 Å². The minimum atomic E-state index is -4.16. The van der Waals surface area contributed by atoms with Gasteiger partial charge in [-0.25, -0.2) is 4.79 Å². The minimum absolute atomic E-state index is 0.199. The quantitative estimate of drug-likeness (QED) is 0.794. The predicted octanol–water partition coefficient (Wildman–Crippen LogP) is 2.78. The molecule has 22 heavy (non-hydrogen) atoms. The van der Waals surface area contributed by atoms with E-state index in [1.54, 1.807) is 36.4 Å². The molecule has 0 saturated carbocycles. The van der Waals surface area contributed by atoms with Gasteiger partial charge in [-0.05, 0) is 18.6 Å². The number of nitrogens with zero attached hydrogens (tertiary/aromatic N) is 1. The molecule has 1 aromatic carbocycles. The molecule has 0 amide bonds. The van der Waals surface area contributed by atoms with Crippen LogP contribution in [0.1, 0.15) is 18.1 Å². The summed E-state index contributed by atoms with van der Waals surface area (Å²) in [6.07, 6.45) is 2.52. The van der Waals surface area contributed by atoms with Gasteiger partial charge in [0.25, 0.3) is 0 Å². The number of aliphatic carboxylic acids is 1. The SMILES string of the molecule is CC(OP(=O)(O)Cc1ccccc1)(C(=O)O)c1cccnc1. The largest absolute Gasteiger partial charge is 0.479 e. The molecule has 0 aliphatic heterocycles. The van der Waals surface area contributed by atoms with Crippen molar-refractivity contribution in [2.75, 3.05) is 0 Å². The molecule has 0 aliphatic rings. The summed E-state index contributed by atoms with van der Waals surface area (Å²) in [6.45, 7) is 1.24. The van der Waals surface area contributed by atoms with Crippen molar-refractivity contribution in [3.8, 4) is 0 Å². The van der Waals surface area contributed by atoms with Gasteiger partial charge >= 0.3 is 13.6 Å². The molecule has 2 N–H and O–H groups in total. The van der Waals surface area contributed by atoms with Crippen LogP contribution in [0, 0.1) is 0 Å². The average molecular weight is 321 g/mol. The summed E-state index contributed by atoms with van der Waals surface area (Å²) in [4.78, 5) is 25.5. The number of hydrogen-bond acceptors (Lipinski definition) is 4. The van der Waals surface area contributed by atoms with Crippen LogP contribution in [0.5, 0.6) is 0 Å². The second-order valence-electron chi connectivity index (χ2n) is 4.95. The van der Waals surface area contributed by atoms with E-state index >= 15 is 0 Å². The van der Waals surface area contributed by atoms with Gasteiger partial charge in [0.1, 0.15) is 0 Å². The number of rotatable bonds is 6. The lowest BCUT2D eigenvalue weighted by atomic mass is 9.98. The second-order valence-corrected chi connectivity index (χ2v) is 6.73. The summed E-state index contributed by atoms with van der Waals surface area (Å²) in [5.74, 6) is -1.36. The molecule has 1 heterocycles. The van der Waals surface area contributed by atoms with E-state index in [-0.39, 0.29) is 11.7 Å². The van der Waals surface area contributed by atoms with Crippen molar-refractivity contribution in [2.24, 2.45) is 0 Å². The van der Waals surface area contributed by atoms with Crippen LogP contribution in [0.25, 0.3) is 0 Å². The van der Waals surface area contributed by atoms with E-state index in [2.05, 4.69) is 4.98 Å². The molecule has 2 atom stereocenters. The molecule has 116 valence electrons. The first-order chi connectivity index (χ1) is 10.3. The van der Waals surface area contributed by atoms with E-state index in [0.29, 0.717) is 5.56 Å². The van der Waals surface area contributed by atoms with Crippen molar-refractivity contribution < 1.29 is 23.9 Å². The van der Waals surface area contributed by atoms with E-state index in [9.17, 15) is 19.4 Å². The van der Waals surface area contributed by atoms with Gasteiger partial charge < -0.3 is 10.00 Å². The standard InChI is InChI=1S/C15H16NO5P/c1-15(14(17)18,13-8-5-9-16-10-13)21-22(19,20)11-12-6-3-2-4-7-12/h2-10H,11H2,1H3,(H,17,18)(H,19,20). The van der Waals surface area contributed by atoms with Gasteiger partial charge in [0.15, 0.2) is 5.60 Å². The van der Waals surface area contributed by atoms with E-state index in [4.69, 9.17) is 4.52 Å². The average Bonchev–Trinajstić information content (AvgIpc) is 2.48. The third-order valence-electron chi connectivity index (χ3n) is 3.17. The Morgan fingerprint density at radius 1 is 1.27 bits per heavy atom. The van der Waals surface area contributed by atoms with E-state index in [1.165, 1.54) is 25.4 Å². The molecule has 7 heteroatoms. The maximum atomic E-state index is 12.3. The van der Waals surface area contributed by atoms with Crippen molar-refractivity contribution in [2.45, 2.75) is 18.7 Å². The van der Waals surface area contributed by atoms with Crippen LogP contribution >= 0.6 is 7.60 Å². The maximum Gasteiger partial charge on any atom is 0.341 e. The Balaban J connectivity index is 2.28. The molecule has 0 saturated heterocycles. The maximum absolute atomic E-state index is 12.3. The number of carbonyl (C=O) groups is 1. The third kappa shape index (κ3) is 3.80. The normalized spacial score (nSPS) is 16.5. The molecule has 2 unspecified atom stereocenters. The fourth-order valence-corrected chi connectivity index (χ4v) is 3.48. The van der Waals surface area contributed by atoms with Crippen LogP contribution in [0.15, 0.2) is 54.9 Å². The highest BCUT2D eigenvalue weighted by Crippen LogP contribution is 2.51. The molecular formula is C15H16NO5P. The molecular weight excluding hydrogens is 305 g/mol. The van der Waals surface area contributed by atoms with Crippen LogP contribution in [-0.2, 0) is 25.6 Å². The lowest BCUT2D eigenvalue weighted by Crippen LogP contribution is -2.34. The number of aromatic nitrogens is 1. The van der Waals surface area contributed by atoms with Gasteiger partial charge in [-0.3, -0.25) is 14.1 Å². The van der Waals surface area contributed by atoms with Crippen molar-refractivity contribution in [1.29, 1.82) is 0 Å². The highest BCUT2D eigenvalue weighted by Gasteiger charge is 2.43. The van der Waals surface area contributed by atoms with Crippen LogP contribution in [0.4, 0.5) is 0 Å². The van der Waals surface area contributed by atoms with Gasteiger partial charge in [-0.1, -0.05) is 36.4 Å². The summed E-state index contributed by atoms with van der Waals surface area (Å²) in [5.41, 5.74) is -1.16. The number of hydrogen-bond donors (Lipinski definition) is 2. The van der Waals surface area contributed by atoms with Gasteiger partial charge in [-0.2, -0.15) is 0 Å². The zero-order valence-electron chi connectivity index (χ0n) is 11.9. The van der Waals surface area contributed by atoms with E-state index < -0.39 is 19.2 Å². The number of carboxylic acids is 1. The molecule has 0 fully saturated rings. The Labute approximate surface area is 127 Å². The molecule has 0 bridgehead atoms. The molecule has 0 spiro atoms. The summed E-state index contributed by atoms with van der Waals surface area (Å²) in [6, 6.07) is 11.6. The van der Waals surface area contributed by atoms with Gasteiger partial charge in [-0.15, -0.1) is 0 Å². The lowest BCUT2D eigenvalue weighted by Gasteiger charge is -2.27. The first-order valence-electron chi connectivity index (χ1n) is 6.54. The topological polar surface area (TPSA) is 96.7 Å². The number of carboxylic acid groups (broad SMARTS) is 1. The molecule has 0 aliphatic carbocycles. The highest BCUT2D eigenvalue weighted by atomic mass is 31.2. The van der Waals surface area contributed by atoms with Crippen molar-refractivity contribution in [3.63, 3.8) is 0 Å². The first kappa shape index (κ1) is 16.4. The highest BCUT2D eigenvalue weighted by molar-refractivity contribution is 7.52. The fraction of sp³-hybridized carbons (Fsp3) is 0.200. The second kappa shape index (κ2) is 6.40. The summed E-state index contributed by atoms with van der Waals surface area (Å²) >= 11 is 0. The molecule has 2 aromatic rings. The number of benzene rings is 1. The Kier molecular flexibility index (Phi) is 4.76.